The van der Waals surface area contributed by atoms with Crippen LogP contribution in [0.3, 0.4) is 0 Å². The summed E-state index contributed by atoms with van der Waals surface area (Å²) in [4.78, 5) is 16.2. The maximum absolute atomic E-state index is 11.8. The van der Waals surface area contributed by atoms with Crippen LogP contribution >= 0.6 is 0 Å². The van der Waals surface area contributed by atoms with E-state index in [1.807, 2.05) is 51.1 Å². The molecular weight excluding hydrogens is 224 g/mol. The predicted octanol–water partition coefficient (Wildman–Crippen LogP) is 2.90. The number of para-hydroxylation sites is 1. The summed E-state index contributed by atoms with van der Waals surface area (Å²) < 4.78 is 0. The number of rotatable bonds is 2. The molecular formula is C15H18N2O. The molecule has 0 aliphatic rings. The lowest BCUT2D eigenvalue weighted by atomic mass is 9.95. The second-order valence-corrected chi connectivity index (χ2v) is 5.42. The molecule has 3 nitrogen and oxygen atoms in total. The second kappa shape index (κ2) is 4.77. The molecule has 0 bridgehead atoms. The highest BCUT2D eigenvalue weighted by molar-refractivity contribution is 5.84. The van der Waals surface area contributed by atoms with E-state index >= 15 is 0 Å². The van der Waals surface area contributed by atoms with Crippen molar-refractivity contribution in [2.24, 2.45) is 5.41 Å². The molecule has 1 N–H and O–H groups in total. The Hall–Kier alpha value is -1.90. The predicted molar refractivity (Wildman–Crippen MR) is 73.0 cm³/mol. The number of fused-ring (bicyclic) bond motifs is 1. The molecule has 0 radical (unpaired) electrons. The topological polar surface area (TPSA) is 42.0 Å². The van der Waals surface area contributed by atoms with E-state index in [9.17, 15) is 4.79 Å². The standard InChI is InChI=1S/C15H18N2O/c1-15(2,3)14(18)17-10-11-8-9-16-13-7-5-4-6-12(11)13/h4-9H,10H2,1-3H3,(H,17,18). The molecule has 0 spiro atoms. The Balaban J connectivity index is 2.20. The summed E-state index contributed by atoms with van der Waals surface area (Å²) in [6, 6.07) is 9.91. The minimum Gasteiger partial charge on any atom is -0.352 e. The molecule has 0 unspecified atom stereocenters. The van der Waals surface area contributed by atoms with Gasteiger partial charge in [0.2, 0.25) is 5.91 Å². The number of carbonyl (C=O) groups excluding carboxylic acids is 1. The molecule has 1 aromatic heterocycles. The summed E-state index contributed by atoms with van der Waals surface area (Å²) in [6.07, 6.45) is 1.78. The minimum atomic E-state index is -0.358. The van der Waals surface area contributed by atoms with Gasteiger partial charge in [0.25, 0.3) is 0 Å². The summed E-state index contributed by atoms with van der Waals surface area (Å²) in [5, 5.41) is 4.06. The van der Waals surface area contributed by atoms with Crippen LogP contribution in [0.1, 0.15) is 26.3 Å². The monoisotopic (exact) mass is 242 g/mol. The Bertz CT molecular complexity index is 565. The van der Waals surface area contributed by atoms with E-state index in [1.54, 1.807) is 6.20 Å². The van der Waals surface area contributed by atoms with Crippen molar-refractivity contribution in [2.75, 3.05) is 0 Å². The van der Waals surface area contributed by atoms with Gasteiger partial charge in [-0.05, 0) is 17.7 Å². The number of benzene rings is 1. The number of amides is 1. The van der Waals surface area contributed by atoms with Gasteiger partial charge in [-0.3, -0.25) is 9.78 Å². The lowest BCUT2D eigenvalue weighted by molar-refractivity contribution is -0.128. The van der Waals surface area contributed by atoms with Gasteiger partial charge in [-0.25, -0.2) is 0 Å². The third-order valence-corrected chi connectivity index (χ3v) is 2.86. The molecule has 1 aromatic carbocycles. The molecule has 0 aliphatic carbocycles. The summed E-state index contributed by atoms with van der Waals surface area (Å²) in [7, 11) is 0. The molecule has 0 saturated heterocycles. The fourth-order valence-electron chi connectivity index (χ4n) is 1.75. The molecule has 0 atom stereocenters. The number of nitrogens with one attached hydrogen (secondary N) is 1. The molecule has 94 valence electrons. The first-order valence-corrected chi connectivity index (χ1v) is 6.09. The van der Waals surface area contributed by atoms with Crippen LogP contribution in [0.15, 0.2) is 36.5 Å². The zero-order valence-corrected chi connectivity index (χ0v) is 11.0. The van der Waals surface area contributed by atoms with Crippen LogP contribution in [0.2, 0.25) is 0 Å². The van der Waals surface area contributed by atoms with Gasteiger partial charge in [-0.1, -0.05) is 39.0 Å². The number of hydrogen-bond acceptors (Lipinski definition) is 2. The molecule has 1 heterocycles. The Morgan fingerprint density at radius 1 is 1.22 bits per heavy atom. The van der Waals surface area contributed by atoms with Crippen LogP contribution < -0.4 is 5.32 Å². The van der Waals surface area contributed by atoms with E-state index in [4.69, 9.17) is 0 Å². The first-order valence-electron chi connectivity index (χ1n) is 6.09. The van der Waals surface area contributed by atoms with Crippen molar-refractivity contribution in [1.82, 2.24) is 10.3 Å². The zero-order chi connectivity index (χ0) is 13.2. The number of carbonyl (C=O) groups is 1. The maximum atomic E-state index is 11.8. The number of hydrogen-bond donors (Lipinski definition) is 1. The van der Waals surface area contributed by atoms with Gasteiger partial charge >= 0.3 is 0 Å². The van der Waals surface area contributed by atoms with Gasteiger partial charge in [0, 0.05) is 23.5 Å². The van der Waals surface area contributed by atoms with E-state index in [2.05, 4.69) is 10.3 Å². The highest BCUT2D eigenvalue weighted by Gasteiger charge is 2.20. The highest BCUT2D eigenvalue weighted by atomic mass is 16.2. The third-order valence-electron chi connectivity index (χ3n) is 2.86. The molecule has 2 aromatic rings. The van der Waals surface area contributed by atoms with Gasteiger partial charge in [0.1, 0.15) is 0 Å². The summed E-state index contributed by atoms with van der Waals surface area (Å²) in [5.74, 6) is 0.0587. The van der Waals surface area contributed by atoms with E-state index in [0.717, 1.165) is 16.5 Å². The van der Waals surface area contributed by atoms with Gasteiger partial charge in [0.05, 0.1) is 5.52 Å². The van der Waals surface area contributed by atoms with Crippen LogP contribution in [0, 0.1) is 5.41 Å². The molecule has 3 heteroatoms. The van der Waals surface area contributed by atoms with Crippen LogP contribution in [0.4, 0.5) is 0 Å². The number of nitrogens with zero attached hydrogens (tertiary/aromatic N) is 1. The fourth-order valence-corrected chi connectivity index (χ4v) is 1.75. The molecule has 0 aliphatic heterocycles. The first kappa shape index (κ1) is 12.6. The minimum absolute atomic E-state index is 0.0587. The van der Waals surface area contributed by atoms with Crippen molar-refractivity contribution >= 4 is 16.8 Å². The third kappa shape index (κ3) is 2.67. The number of pyridine rings is 1. The van der Waals surface area contributed by atoms with Crippen molar-refractivity contribution in [3.05, 3.63) is 42.1 Å². The van der Waals surface area contributed by atoms with Crippen LogP contribution in [-0.2, 0) is 11.3 Å². The SMILES string of the molecule is CC(C)(C)C(=O)NCc1ccnc2ccccc12. The smallest absolute Gasteiger partial charge is 0.225 e. The largest absolute Gasteiger partial charge is 0.352 e. The summed E-state index contributed by atoms with van der Waals surface area (Å²) in [6.45, 7) is 6.27. The fraction of sp³-hybridized carbons (Fsp3) is 0.333. The van der Waals surface area contributed by atoms with Crippen LogP contribution in [0.5, 0.6) is 0 Å². The van der Waals surface area contributed by atoms with Gasteiger partial charge in [-0.2, -0.15) is 0 Å². The van der Waals surface area contributed by atoms with Crippen molar-refractivity contribution in [3.8, 4) is 0 Å². The molecule has 0 saturated carbocycles. The lowest BCUT2D eigenvalue weighted by Gasteiger charge is -2.18. The Labute approximate surface area is 107 Å². The van der Waals surface area contributed by atoms with Gasteiger partial charge in [0.15, 0.2) is 0 Å². The van der Waals surface area contributed by atoms with Crippen LogP contribution in [-0.4, -0.2) is 10.9 Å². The Kier molecular flexibility index (Phi) is 3.32. The van der Waals surface area contributed by atoms with Crippen molar-refractivity contribution in [1.29, 1.82) is 0 Å². The molecule has 0 fully saturated rings. The van der Waals surface area contributed by atoms with Gasteiger partial charge in [-0.15, -0.1) is 0 Å². The normalized spacial score (nSPS) is 11.5. The molecule has 1 amide bonds. The van der Waals surface area contributed by atoms with Crippen LogP contribution in [0.25, 0.3) is 10.9 Å². The van der Waals surface area contributed by atoms with E-state index < -0.39 is 0 Å². The summed E-state index contributed by atoms with van der Waals surface area (Å²) in [5.41, 5.74) is 1.70. The van der Waals surface area contributed by atoms with Crippen molar-refractivity contribution in [3.63, 3.8) is 0 Å². The quantitative estimate of drug-likeness (QED) is 0.879. The number of aromatic nitrogens is 1. The van der Waals surface area contributed by atoms with Crippen molar-refractivity contribution in [2.45, 2.75) is 27.3 Å². The average molecular weight is 242 g/mol. The zero-order valence-electron chi connectivity index (χ0n) is 11.0. The van der Waals surface area contributed by atoms with Crippen molar-refractivity contribution < 1.29 is 4.79 Å². The highest BCUT2D eigenvalue weighted by Crippen LogP contribution is 2.17. The first-order chi connectivity index (χ1) is 8.48. The summed E-state index contributed by atoms with van der Waals surface area (Å²) >= 11 is 0. The van der Waals surface area contributed by atoms with E-state index in [-0.39, 0.29) is 11.3 Å². The Morgan fingerprint density at radius 2 is 1.94 bits per heavy atom. The Morgan fingerprint density at radius 3 is 2.67 bits per heavy atom. The second-order valence-electron chi connectivity index (χ2n) is 5.42. The van der Waals surface area contributed by atoms with Gasteiger partial charge < -0.3 is 5.32 Å². The van der Waals surface area contributed by atoms with E-state index in [0.29, 0.717) is 6.54 Å². The average Bonchev–Trinajstić information content (AvgIpc) is 2.34. The molecule has 2 rings (SSSR count). The maximum Gasteiger partial charge on any atom is 0.225 e. The van der Waals surface area contributed by atoms with E-state index in [1.165, 1.54) is 0 Å². The lowest BCUT2D eigenvalue weighted by Crippen LogP contribution is -2.34. The molecule has 18 heavy (non-hydrogen) atoms.